The molecule has 0 atom stereocenters. The van der Waals surface area contributed by atoms with E-state index in [0.29, 0.717) is 6.54 Å². The van der Waals surface area contributed by atoms with Gasteiger partial charge in [-0.05, 0) is 29.0 Å². The normalized spacial score (nSPS) is 10.8. The summed E-state index contributed by atoms with van der Waals surface area (Å²) in [6, 6.07) is 9.45. The van der Waals surface area contributed by atoms with Crippen LogP contribution in [0.1, 0.15) is 21.6 Å². The van der Waals surface area contributed by atoms with E-state index < -0.39 is 16.8 Å². The number of hydrogen-bond donors (Lipinski definition) is 1. The molecule has 4 rings (SSSR count). The van der Waals surface area contributed by atoms with Crippen LogP contribution in [-0.2, 0) is 13.2 Å². The summed E-state index contributed by atoms with van der Waals surface area (Å²) in [4.78, 5) is 30.0. The van der Waals surface area contributed by atoms with Gasteiger partial charge in [0, 0.05) is 11.3 Å². The minimum absolute atomic E-state index is 0.0669. The van der Waals surface area contributed by atoms with Crippen LogP contribution in [0.5, 0.6) is 0 Å². The number of aromatic nitrogens is 8. The third-order valence-electron chi connectivity index (χ3n) is 4.21. The molecule has 0 saturated heterocycles. The van der Waals surface area contributed by atoms with Crippen LogP contribution in [0.2, 0.25) is 0 Å². The number of hydrogen-bond acceptors (Lipinski definition) is 8. The summed E-state index contributed by atoms with van der Waals surface area (Å²) >= 11 is 0. The molecule has 0 aliphatic carbocycles. The first-order valence-corrected chi connectivity index (χ1v) is 8.80. The SMILES string of the molecule is Cc1ccccc1Cn1cnc(NC(=O)c2ccn(Cn3cnc([N+](=O)[O-])n3)n2)n1. The molecule has 3 heterocycles. The van der Waals surface area contributed by atoms with Gasteiger partial charge >= 0.3 is 5.95 Å². The van der Waals surface area contributed by atoms with Crippen LogP contribution in [-0.4, -0.2) is 50.1 Å². The van der Waals surface area contributed by atoms with Crippen molar-refractivity contribution in [1.82, 2.24) is 39.3 Å². The molecule has 0 unspecified atom stereocenters. The predicted molar refractivity (Wildman–Crippen MR) is 103 cm³/mol. The number of nitro groups is 1. The maximum absolute atomic E-state index is 12.4. The standard InChI is InChI=1S/C17H16N10O3/c1-12-4-2-3-5-13(12)8-25-9-18-16(22-25)20-15(28)14-6-7-24(21-14)11-26-10-19-17(23-26)27(29)30/h2-7,9-10H,8,11H2,1H3,(H,20,22,28). The first-order valence-electron chi connectivity index (χ1n) is 8.80. The molecule has 13 heteroatoms. The van der Waals surface area contributed by atoms with Crippen molar-refractivity contribution in [3.8, 4) is 0 Å². The van der Waals surface area contributed by atoms with Gasteiger partial charge < -0.3 is 10.1 Å². The number of benzene rings is 1. The molecule has 0 fully saturated rings. The lowest BCUT2D eigenvalue weighted by Gasteiger charge is -2.04. The molecule has 152 valence electrons. The van der Waals surface area contributed by atoms with Gasteiger partial charge in [-0.3, -0.25) is 10.1 Å². The first kappa shape index (κ1) is 18.9. The van der Waals surface area contributed by atoms with Gasteiger partial charge in [0.15, 0.2) is 12.4 Å². The Morgan fingerprint density at radius 2 is 1.87 bits per heavy atom. The average molecular weight is 408 g/mol. The Kier molecular flexibility index (Phi) is 4.99. The molecule has 1 amide bonds. The number of nitrogens with zero attached hydrogens (tertiary/aromatic N) is 9. The third kappa shape index (κ3) is 4.19. The summed E-state index contributed by atoms with van der Waals surface area (Å²) in [6.07, 6.45) is 4.30. The molecule has 0 saturated carbocycles. The van der Waals surface area contributed by atoms with Crippen molar-refractivity contribution in [3.63, 3.8) is 0 Å². The summed E-state index contributed by atoms with van der Waals surface area (Å²) in [5, 5.41) is 25.3. The van der Waals surface area contributed by atoms with Gasteiger partial charge in [-0.2, -0.15) is 9.78 Å². The van der Waals surface area contributed by atoms with Crippen molar-refractivity contribution < 1.29 is 9.72 Å². The van der Waals surface area contributed by atoms with Crippen LogP contribution in [0.3, 0.4) is 0 Å². The quantitative estimate of drug-likeness (QED) is 0.352. The highest BCUT2D eigenvalue weighted by Crippen LogP contribution is 2.10. The molecule has 1 aromatic carbocycles. The lowest BCUT2D eigenvalue weighted by Crippen LogP contribution is -2.16. The Morgan fingerprint density at radius 1 is 1.07 bits per heavy atom. The number of amides is 1. The molecule has 30 heavy (non-hydrogen) atoms. The zero-order valence-corrected chi connectivity index (χ0v) is 15.8. The second kappa shape index (κ2) is 7.90. The van der Waals surface area contributed by atoms with Crippen molar-refractivity contribution in [3.05, 3.63) is 76.1 Å². The predicted octanol–water partition coefficient (Wildman–Crippen LogP) is 1.09. The van der Waals surface area contributed by atoms with Gasteiger partial charge in [-0.25, -0.2) is 14.3 Å². The van der Waals surface area contributed by atoms with Gasteiger partial charge in [0.1, 0.15) is 6.33 Å². The number of anilines is 1. The number of aryl methyl sites for hydroxylation is 1. The Labute approximate surface area is 169 Å². The molecule has 0 aliphatic heterocycles. The lowest BCUT2D eigenvalue weighted by atomic mass is 10.1. The van der Waals surface area contributed by atoms with E-state index in [1.807, 2.05) is 31.2 Å². The fourth-order valence-electron chi connectivity index (χ4n) is 2.70. The molecule has 0 spiro atoms. The van der Waals surface area contributed by atoms with Crippen molar-refractivity contribution in [1.29, 1.82) is 0 Å². The Bertz CT molecular complexity index is 1210. The molecular formula is C17H16N10O3. The van der Waals surface area contributed by atoms with E-state index in [9.17, 15) is 14.9 Å². The average Bonchev–Trinajstić information content (AvgIpc) is 3.45. The van der Waals surface area contributed by atoms with E-state index >= 15 is 0 Å². The zero-order chi connectivity index (χ0) is 21.1. The maximum Gasteiger partial charge on any atom is 0.491 e. The smallest absolute Gasteiger partial charge is 0.390 e. The summed E-state index contributed by atoms with van der Waals surface area (Å²) in [6.45, 7) is 2.62. The maximum atomic E-state index is 12.4. The largest absolute Gasteiger partial charge is 0.491 e. The summed E-state index contributed by atoms with van der Waals surface area (Å²) in [5.74, 6) is -0.825. The van der Waals surface area contributed by atoms with Crippen molar-refractivity contribution in [2.24, 2.45) is 0 Å². The first-order chi connectivity index (χ1) is 14.5. The van der Waals surface area contributed by atoms with Gasteiger partial charge in [0.2, 0.25) is 12.3 Å². The Hall–Kier alpha value is -4.42. The van der Waals surface area contributed by atoms with Crippen molar-refractivity contribution in [2.45, 2.75) is 20.1 Å². The van der Waals surface area contributed by atoms with Crippen LogP contribution in [0.15, 0.2) is 49.2 Å². The molecule has 0 radical (unpaired) electrons. The lowest BCUT2D eigenvalue weighted by molar-refractivity contribution is -0.394. The summed E-state index contributed by atoms with van der Waals surface area (Å²) in [5.41, 5.74) is 2.38. The van der Waals surface area contributed by atoms with E-state index in [2.05, 4.69) is 30.6 Å². The molecule has 0 aliphatic rings. The van der Waals surface area contributed by atoms with Gasteiger partial charge in [-0.15, -0.1) is 5.10 Å². The topological polar surface area (TPSA) is 151 Å². The van der Waals surface area contributed by atoms with Gasteiger partial charge in [0.25, 0.3) is 5.91 Å². The second-order valence-electron chi connectivity index (χ2n) is 6.37. The Morgan fingerprint density at radius 3 is 2.63 bits per heavy atom. The van der Waals surface area contributed by atoms with Crippen LogP contribution >= 0.6 is 0 Å². The van der Waals surface area contributed by atoms with Gasteiger partial charge in [-0.1, -0.05) is 29.2 Å². The highest BCUT2D eigenvalue weighted by Gasteiger charge is 2.15. The minimum atomic E-state index is -0.691. The Balaban J connectivity index is 1.38. The van der Waals surface area contributed by atoms with E-state index in [0.717, 1.165) is 11.1 Å². The van der Waals surface area contributed by atoms with Crippen LogP contribution in [0, 0.1) is 17.0 Å². The van der Waals surface area contributed by atoms with Crippen LogP contribution < -0.4 is 5.32 Å². The minimum Gasteiger partial charge on any atom is -0.390 e. The van der Waals surface area contributed by atoms with E-state index in [4.69, 9.17) is 0 Å². The fraction of sp³-hybridized carbons (Fsp3) is 0.176. The molecule has 13 nitrogen and oxygen atoms in total. The van der Waals surface area contributed by atoms with Gasteiger partial charge in [0.05, 0.1) is 6.54 Å². The number of carbonyl (C=O) groups is 1. The molecule has 1 N–H and O–H groups in total. The fourth-order valence-corrected chi connectivity index (χ4v) is 2.70. The number of nitrogens with one attached hydrogen (secondary N) is 1. The number of carbonyl (C=O) groups excluding carboxylic acids is 1. The van der Waals surface area contributed by atoms with E-state index in [-0.39, 0.29) is 18.3 Å². The monoisotopic (exact) mass is 408 g/mol. The van der Waals surface area contributed by atoms with Crippen LogP contribution in [0.25, 0.3) is 0 Å². The number of rotatable bonds is 7. The summed E-state index contributed by atoms with van der Waals surface area (Å²) in [7, 11) is 0. The highest BCUT2D eigenvalue weighted by atomic mass is 16.6. The van der Waals surface area contributed by atoms with Crippen molar-refractivity contribution >= 4 is 17.8 Å². The zero-order valence-electron chi connectivity index (χ0n) is 15.8. The third-order valence-corrected chi connectivity index (χ3v) is 4.21. The van der Waals surface area contributed by atoms with E-state index in [1.165, 1.54) is 28.1 Å². The van der Waals surface area contributed by atoms with Crippen LogP contribution in [0.4, 0.5) is 11.9 Å². The summed E-state index contributed by atoms with van der Waals surface area (Å²) < 4.78 is 4.27. The molecule has 4 aromatic rings. The molecule has 3 aromatic heterocycles. The van der Waals surface area contributed by atoms with Crippen molar-refractivity contribution in [2.75, 3.05) is 5.32 Å². The highest BCUT2D eigenvalue weighted by molar-refractivity contribution is 6.01. The second-order valence-corrected chi connectivity index (χ2v) is 6.37. The molecular weight excluding hydrogens is 392 g/mol. The molecule has 0 bridgehead atoms. The van der Waals surface area contributed by atoms with E-state index in [1.54, 1.807) is 10.9 Å².